The van der Waals surface area contributed by atoms with Crippen LogP contribution in [0.3, 0.4) is 0 Å². The van der Waals surface area contributed by atoms with Crippen LogP contribution in [0.15, 0.2) is 24.3 Å². The molecule has 0 bridgehead atoms. The molecule has 2 amide bonds. The van der Waals surface area contributed by atoms with Gasteiger partial charge in [-0.2, -0.15) is 0 Å². The molecule has 2 saturated heterocycles. The van der Waals surface area contributed by atoms with Gasteiger partial charge in [-0.3, -0.25) is 14.9 Å². The number of rotatable bonds is 6. The van der Waals surface area contributed by atoms with Crippen LogP contribution in [-0.2, 0) is 14.3 Å². The van der Waals surface area contributed by atoms with Gasteiger partial charge >= 0.3 is 0 Å². The third-order valence-corrected chi connectivity index (χ3v) is 6.10. The molecule has 1 unspecified atom stereocenters. The largest absolute Gasteiger partial charge is 0.379 e. The maximum absolute atomic E-state index is 13.5. The van der Waals surface area contributed by atoms with Crippen molar-refractivity contribution in [2.75, 3.05) is 19.8 Å². The van der Waals surface area contributed by atoms with Gasteiger partial charge in [-0.25, -0.2) is 0 Å². The molecule has 2 heterocycles. The maximum atomic E-state index is 13.5. The van der Waals surface area contributed by atoms with Crippen molar-refractivity contribution in [2.24, 2.45) is 5.41 Å². The molecule has 3 rings (SSSR count). The van der Waals surface area contributed by atoms with Gasteiger partial charge in [0.25, 0.3) is 0 Å². The number of likely N-dealkylation sites (tertiary alicyclic amines) is 1. The number of halogens is 1. The summed E-state index contributed by atoms with van der Waals surface area (Å²) < 4.78 is 5.33. The van der Waals surface area contributed by atoms with Gasteiger partial charge in [0, 0.05) is 23.7 Å². The van der Waals surface area contributed by atoms with Gasteiger partial charge in [0.15, 0.2) is 0 Å². The quantitative estimate of drug-likeness (QED) is 0.594. The molecule has 2 fully saturated rings. The summed E-state index contributed by atoms with van der Waals surface area (Å²) in [5.41, 5.74) is 0.0283. The smallest absolute Gasteiger partial charge is 0.243 e. The van der Waals surface area contributed by atoms with Crippen LogP contribution in [0.2, 0.25) is 5.02 Å². The number of ether oxygens (including phenoxy) is 1. The standard InChI is InChI=1S/C22H32ClN3O4/c1-22(2,3)18(25-19(27)15-7-4-5-8-16(15)23)21(29)26-11-6-9-17(26)20(28)24-14-10-12-30-13-14/h4-5,7-8,14,17-19,25,27H,6,9-13H2,1-3H3,(H,24,28)/t14-,17-,18+,19?/m0/s1. The molecule has 2 aliphatic heterocycles. The number of amides is 2. The number of carbonyl (C=O) groups excluding carboxylic acids is 2. The summed E-state index contributed by atoms with van der Waals surface area (Å²) in [6, 6.07) is 5.81. The molecule has 166 valence electrons. The Morgan fingerprint density at radius 3 is 2.63 bits per heavy atom. The van der Waals surface area contributed by atoms with Crippen molar-refractivity contribution >= 4 is 23.4 Å². The Hall–Kier alpha value is -1.67. The average molecular weight is 438 g/mol. The number of nitrogens with one attached hydrogen (secondary N) is 2. The molecule has 0 saturated carbocycles. The van der Waals surface area contributed by atoms with Gasteiger partial charge in [0.05, 0.1) is 18.7 Å². The van der Waals surface area contributed by atoms with E-state index in [0.717, 1.165) is 12.8 Å². The highest BCUT2D eigenvalue weighted by Crippen LogP contribution is 2.29. The average Bonchev–Trinajstić information content (AvgIpc) is 3.36. The van der Waals surface area contributed by atoms with Crippen molar-refractivity contribution in [3.63, 3.8) is 0 Å². The third kappa shape index (κ3) is 5.32. The summed E-state index contributed by atoms with van der Waals surface area (Å²) in [6.07, 6.45) is 1.10. The molecule has 0 radical (unpaired) electrons. The van der Waals surface area contributed by atoms with Crippen molar-refractivity contribution in [3.05, 3.63) is 34.9 Å². The van der Waals surface area contributed by atoms with Gasteiger partial charge in [-0.05, 0) is 30.7 Å². The molecular weight excluding hydrogens is 406 g/mol. The van der Waals surface area contributed by atoms with E-state index in [4.69, 9.17) is 16.3 Å². The SMILES string of the molecule is CC(C)(C)[C@H](NC(O)c1ccccc1Cl)C(=O)N1CCC[C@H]1C(=O)N[C@H]1CCOC1. The van der Waals surface area contributed by atoms with Crippen molar-refractivity contribution in [2.45, 2.75) is 64.4 Å². The van der Waals surface area contributed by atoms with E-state index in [1.54, 1.807) is 29.2 Å². The molecule has 30 heavy (non-hydrogen) atoms. The summed E-state index contributed by atoms with van der Waals surface area (Å²) in [7, 11) is 0. The molecule has 1 aromatic carbocycles. The van der Waals surface area contributed by atoms with Crippen LogP contribution in [0.4, 0.5) is 0 Å². The first kappa shape index (κ1) is 23.0. The fourth-order valence-electron chi connectivity index (χ4n) is 4.05. The van der Waals surface area contributed by atoms with Crippen molar-refractivity contribution < 1.29 is 19.4 Å². The topological polar surface area (TPSA) is 90.9 Å². The van der Waals surface area contributed by atoms with Crippen LogP contribution in [0, 0.1) is 5.41 Å². The van der Waals surface area contributed by atoms with Crippen LogP contribution in [0.25, 0.3) is 0 Å². The maximum Gasteiger partial charge on any atom is 0.243 e. The van der Waals surface area contributed by atoms with Gasteiger partial charge in [-0.1, -0.05) is 50.6 Å². The minimum Gasteiger partial charge on any atom is -0.379 e. The molecular formula is C22H32ClN3O4. The van der Waals surface area contributed by atoms with Crippen molar-refractivity contribution in [1.29, 1.82) is 0 Å². The lowest BCUT2D eigenvalue weighted by molar-refractivity contribution is -0.143. The first-order valence-corrected chi connectivity index (χ1v) is 10.9. The summed E-state index contributed by atoms with van der Waals surface area (Å²) in [5.74, 6) is -0.315. The van der Waals surface area contributed by atoms with E-state index in [2.05, 4.69) is 10.6 Å². The molecule has 1 aromatic rings. The van der Waals surface area contributed by atoms with Crippen LogP contribution in [0.1, 0.15) is 51.8 Å². The summed E-state index contributed by atoms with van der Waals surface area (Å²) in [4.78, 5) is 28.0. The minimum atomic E-state index is -1.10. The predicted octanol–water partition coefficient (Wildman–Crippen LogP) is 2.23. The molecule has 2 aliphatic rings. The number of hydrogen-bond donors (Lipinski definition) is 3. The zero-order valence-corrected chi connectivity index (χ0v) is 18.6. The van der Waals surface area contributed by atoms with E-state index in [-0.39, 0.29) is 17.9 Å². The molecule has 0 spiro atoms. The Kier molecular flexibility index (Phi) is 7.39. The lowest BCUT2D eigenvalue weighted by Crippen LogP contribution is -2.57. The molecule has 4 atom stereocenters. The zero-order chi connectivity index (χ0) is 21.9. The van der Waals surface area contributed by atoms with E-state index in [9.17, 15) is 14.7 Å². The van der Waals surface area contributed by atoms with E-state index < -0.39 is 23.7 Å². The molecule has 0 aromatic heterocycles. The summed E-state index contributed by atoms with van der Waals surface area (Å²) >= 11 is 6.21. The normalized spacial score (nSPS) is 24.0. The number of aliphatic hydroxyl groups excluding tert-OH is 1. The number of nitrogens with zero attached hydrogens (tertiary/aromatic N) is 1. The van der Waals surface area contributed by atoms with Crippen molar-refractivity contribution in [3.8, 4) is 0 Å². The number of carbonyl (C=O) groups is 2. The number of hydrogen-bond acceptors (Lipinski definition) is 5. The fourth-order valence-corrected chi connectivity index (χ4v) is 4.29. The van der Waals surface area contributed by atoms with Gasteiger partial charge in [-0.15, -0.1) is 0 Å². The van der Waals surface area contributed by atoms with Gasteiger partial charge < -0.3 is 20.1 Å². The zero-order valence-electron chi connectivity index (χ0n) is 17.9. The van der Waals surface area contributed by atoms with Gasteiger partial charge in [0.1, 0.15) is 12.3 Å². The van der Waals surface area contributed by atoms with Crippen molar-refractivity contribution in [1.82, 2.24) is 15.5 Å². The van der Waals surface area contributed by atoms with Crippen LogP contribution >= 0.6 is 11.6 Å². The predicted molar refractivity (Wildman–Crippen MR) is 115 cm³/mol. The van der Waals surface area contributed by atoms with Crippen LogP contribution in [-0.4, -0.2) is 59.7 Å². The van der Waals surface area contributed by atoms with E-state index in [1.165, 1.54) is 0 Å². The first-order chi connectivity index (χ1) is 14.2. The van der Waals surface area contributed by atoms with Crippen LogP contribution in [0.5, 0.6) is 0 Å². The second-order valence-electron chi connectivity index (χ2n) is 9.15. The lowest BCUT2D eigenvalue weighted by atomic mass is 9.85. The highest BCUT2D eigenvalue weighted by atomic mass is 35.5. The fraction of sp³-hybridized carbons (Fsp3) is 0.636. The Labute approximate surface area is 183 Å². The second-order valence-corrected chi connectivity index (χ2v) is 9.56. The van der Waals surface area contributed by atoms with E-state index >= 15 is 0 Å². The molecule has 3 N–H and O–H groups in total. The Balaban J connectivity index is 1.74. The molecule has 7 nitrogen and oxygen atoms in total. The van der Waals surface area contributed by atoms with Crippen LogP contribution < -0.4 is 10.6 Å². The summed E-state index contributed by atoms with van der Waals surface area (Å²) in [6.45, 7) is 7.49. The van der Waals surface area contributed by atoms with Gasteiger partial charge in [0.2, 0.25) is 11.8 Å². The highest BCUT2D eigenvalue weighted by Gasteiger charge is 2.42. The lowest BCUT2D eigenvalue weighted by Gasteiger charge is -2.37. The first-order valence-electron chi connectivity index (χ1n) is 10.6. The third-order valence-electron chi connectivity index (χ3n) is 5.75. The van der Waals surface area contributed by atoms with E-state index in [0.29, 0.717) is 36.8 Å². The Bertz CT molecular complexity index is 761. The minimum absolute atomic E-state index is 0.00800. The highest BCUT2D eigenvalue weighted by molar-refractivity contribution is 6.31. The number of aliphatic hydroxyl groups is 1. The molecule has 8 heteroatoms. The Morgan fingerprint density at radius 2 is 2.00 bits per heavy atom. The number of benzene rings is 1. The second kappa shape index (κ2) is 9.64. The summed E-state index contributed by atoms with van der Waals surface area (Å²) in [5, 5.41) is 17.2. The van der Waals surface area contributed by atoms with E-state index in [1.807, 2.05) is 20.8 Å². The monoisotopic (exact) mass is 437 g/mol. The Morgan fingerprint density at radius 1 is 1.27 bits per heavy atom. The molecule has 0 aliphatic carbocycles.